The molecule has 19 heavy (non-hydrogen) atoms. The summed E-state index contributed by atoms with van der Waals surface area (Å²) < 4.78 is 16.5. The average Bonchev–Trinajstić information content (AvgIpc) is 2.46. The molecule has 1 aliphatic rings. The largest absolute Gasteiger partial charge is 0.497 e. The van der Waals surface area contributed by atoms with Gasteiger partial charge in [0.2, 0.25) is 0 Å². The molecule has 4 heteroatoms. The van der Waals surface area contributed by atoms with Crippen LogP contribution in [-0.2, 0) is 4.74 Å². The molecule has 1 aromatic carbocycles. The Bertz CT molecular complexity index is 358. The fourth-order valence-electron chi connectivity index (χ4n) is 2.30. The van der Waals surface area contributed by atoms with E-state index in [2.05, 4.69) is 0 Å². The van der Waals surface area contributed by atoms with Crippen molar-refractivity contribution >= 4 is 0 Å². The number of ether oxygens (including phenoxy) is 3. The van der Waals surface area contributed by atoms with Crippen LogP contribution in [0.3, 0.4) is 0 Å². The van der Waals surface area contributed by atoms with Gasteiger partial charge in [0, 0.05) is 6.04 Å². The summed E-state index contributed by atoms with van der Waals surface area (Å²) in [6.07, 6.45) is 4.65. The summed E-state index contributed by atoms with van der Waals surface area (Å²) in [6.45, 7) is 1.21. The van der Waals surface area contributed by atoms with E-state index in [0.717, 1.165) is 37.2 Å². The third-order valence-corrected chi connectivity index (χ3v) is 3.48. The lowest BCUT2D eigenvalue weighted by molar-refractivity contribution is 0.0102. The van der Waals surface area contributed by atoms with Gasteiger partial charge in [0.15, 0.2) is 0 Å². The third kappa shape index (κ3) is 4.73. The number of hydrogen-bond donors (Lipinski definition) is 1. The first-order valence-electron chi connectivity index (χ1n) is 6.92. The van der Waals surface area contributed by atoms with Gasteiger partial charge >= 0.3 is 0 Å². The van der Waals surface area contributed by atoms with Crippen molar-refractivity contribution in [3.05, 3.63) is 24.3 Å². The highest BCUT2D eigenvalue weighted by atomic mass is 16.5. The normalized spacial score (nSPS) is 23.1. The summed E-state index contributed by atoms with van der Waals surface area (Å²) in [4.78, 5) is 0. The van der Waals surface area contributed by atoms with Crippen molar-refractivity contribution in [1.82, 2.24) is 0 Å². The minimum atomic E-state index is 0.360. The van der Waals surface area contributed by atoms with Crippen LogP contribution in [0, 0.1) is 0 Å². The second-order valence-electron chi connectivity index (χ2n) is 4.93. The summed E-state index contributed by atoms with van der Waals surface area (Å²) in [5.74, 6) is 1.68. The molecular weight excluding hydrogens is 242 g/mol. The van der Waals surface area contributed by atoms with E-state index in [0.29, 0.717) is 25.4 Å². The summed E-state index contributed by atoms with van der Waals surface area (Å²) in [6, 6.07) is 7.95. The molecule has 0 spiro atoms. The Hall–Kier alpha value is -1.26. The highest BCUT2D eigenvalue weighted by Gasteiger charge is 2.18. The average molecular weight is 265 g/mol. The first-order chi connectivity index (χ1) is 9.28. The molecular formula is C15H23NO3. The predicted molar refractivity (Wildman–Crippen MR) is 74.7 cm³/mol. The summed E-state index contributed by atoms with van der Waals surface area (Å²) in [5.41, 5.74) is 5.86. The lowest BCUT2D eigenvalue weighted by Crippen LogP contribution is -2.30. The lowest BCUT2D eigenvalue weighted by Gasteiger charge is -2.26. The second-order valence-corrected chi connectivity index (χ2v) is 4.93. The van der Waals surface area contributed by atoms with Crippen molar-refractivity contribution in [2.45, 2.75) is 37.8 Å². The van der Waals surface area contributed by atoms with Gasteiger partial charge in [-0.1, -0.05) is 0 Å². The number of hydrogen-bond acceptors (Lipinski definition) is 4. The minimum absolute atomic E-state index is 0.360. The van der Waals surface area contributed by atoms with Gasteiger partial charge in [-0.25, -0.2) is 0 Å². The molecule has 4 nitrogen and oxygen atoms in total. The van der Waals surface area contributed by atoms with Gasteiger partial charge in [-0.05, 0) is 49.9 Å². The minimum Gasteiger partial charge on any atom is -0.497 e. The van der Waals surface area contributed by atoms with Gasteiger partial charge in [-0.2, -0.15) is 0 Å². The van der Waals surface area contributed by atoms with Crippen molar-refractivity contribution in [3.8, 4) is 11.5 Å². The van der Waals surface area contributed by atoms with Crippen molar-refractivity contribution in [1.29, 1.82) is 0 Å². The maximum atomic E-state index is 5.86. The standard InChI is InChI=1S/C15H23NO3/c1-17-13-6-8-15(9-7-13)19-11-10-18-14-4-2-12(16)3-5-14/h6-9,12,14H,2-5,10-11,16H2,1H3. The quantitative estimate of drug-likeness (QED) is 0.802. The molecule has 1 aliphatic carbocycles. The summed E-state index contributed by atoms with van der Waals surface area (Å²) in [7, 11) is 1.65. The Labute approximate surface area is 114 Å². The van der Waals surface area contributed by atoms with Crippen LogP contribution in [0.1, 0.15) is 25.7 Å². The Morgan fingerprint density at radius 3 is 2.26 bits per heavy atom. The Morgan fingerprint density at radius 2 is 1.63 bits per heavy atom. The topological polar surface area (TPSA) is 53.7 Å². The predicted octanol–water partition coefficient (Wildman–Crippen LogP) is 2.36. The Kier molecular flexibility index (Phi) is 5.48. The van der Waals surface area contributed by atoms with Crippen molar-refractivity contribution in [2.75, 3.05) is 20.3 Å². The van der Waals surface area contributed by atoms with Crippen LogP contribution >= 0.6 is 0 Å². The molecule has 0 aliphatic heterocycles. The van der Waals surface area contributed by atoms with Crippen LogP contribution in [-0.4, -0.2) is 32.5 Å². The molecule has 106 valence electrons. The van der Waals surface area contributed by atoms with Gasteiger partial charge in [0.05, 0.1) is 19.8 Å². The molecule has 0 saturated heterocycles. The second kappa shape index (κ2) is 7.36. The molecule has 1 fully saturated rings. The van der Waals surface area contributed by atoms with E-state index in [4.69, 9.17) is 19.9 Å². The molecule has 2 N–H and O–H groups in total. The zero-order valence-corrected chi connectivity index (χ0v) is 11.5. The van der Waals surface area contributed by atoms with E-state index in [1.165, 1.54) is 0 Å². The third-order valence-electron chi connectivity index (χ3n) is 3.48. The van der Waals surface area contributed by atoms with E-state index in [9.17, 15) is 0 Å². The van der Waals surface area contributed by atoms with E-state index < -0.39 is 0 Å². The van der Waals surface area contributed by atoms with E-state index in [1.54, 1.807) is 7.11 Å². The maximum Gasteiger partial charge on any atom is 0.119 e. The first kappa shape index (κ1) is 14.2. The molecule has 0 aromatic heterocycles. The molecule has 0 heterocycles. The monoisotopic (exact) mass is 265 g/mol. The molecule has 1 saturated carbocycles. The van der Waals surface area contributed by atoms with Crippen LogP contribution in [0.4, 0.5) is 0 Å². The highest BCUT2D eigenvalue weighted by Crippen LogP contribution is 2.20. The number of methoxy groups -OCH3 is 1. The van der Waals surface area contributed by atoms with Crippen molar-refractivity contribution in [2.24, 2.45) is 5.73 Å². The molecule has 0 unspecified atom stereocenters. The maximum absolute atomic E-state index is 5.86. The van der Waals surface area contributed by atoms with Crippen LogP contribution in [0.25, 0.3) is 0 Å². The summed E-state index contributed by atoms with van der Waals surface area (Å²) >= 11 is 0. The van der Waals surface area contributed by atoms with Crippen LogP contribution in [0.15, 0.2) is 24.3 Å². The van der Waals surface area contributed by atoms with E-state index in [-0.39, 0.29) is 0 Å². The van der Waals surface area contributed by atoms with Gasteiger partial charge in [0.25, 0.3) is 0 Å². The van der Waals surface area contributed by atoms with E-state index >= 15 is 0 Å². The number of benzene rings is 1. The molecule has 0 atom stereocenters. The SMILES string of the molecule is COc1ccc(OCCOC2CCC(N)CC2)cc1. The number of nitrogens with two attached hydrogens (primary N) is 1. The van der Waals surface area contributed by atoms with Crippen molar-refractivity contribution in [3.63, 3.8) is 0 Å². The highest BCUT2D eigenvalue weighted by molar-refractivity contribution is 5.31. The Morgan fingerprint density at radius 1 is 1.00 bits per heavy atom. The molecule has 1 aromatic rings. The molecule has 0 amide bonds. The van der Waals surface area contributed by atoms with Crippen LogP contribution in [0.5, 0.6) is 11.5 Å². The number of rotatable bonds is 6. The Balaban J connectivity index is 1.61. The van der Waals surface area contributed by atoms with Gasteiger partial charge < -0.3 is 19.9 Å². The molecule has 0 bridgehead atoms. The lowest BCUT2D eigenvalue weighted by atomic mass is 9.94. The van der Waals surface area contributed by atoms with Crippen LogP contribution in [0.2, 0.25) is 0 Å². The fraction of sp³-hybridized carbons (Fsp3) is 0.600. The fourth-order valence-corrected chi connectivity index (χ4v) is 2.30. The zero-order valence-electron chi connectivity index (χ0n) is 11.5. The molecule has 2 rings (SSSR count). The van der Waals surface area contributed by atoms with E-state index in [1.807, 2.05) is 24.3 Å². The van der Waals surface area contributed by atoms with Gasteiger partial charge in [-0.15, -0.1) is 0 Å². The molecule has 0 radical (unpaired) electrons. The zero-order chi connectivity index (χ0) is 13.5. The van der Waals surface area contributed by atoms with Gasteiger partial charge in [0.1, 0.15) is 18.1 Å². The first-order valence-corrected chi connectivity index (χ1v) is 6.92. The van der Waals surface area contributed by atoms with Gasteiger partial charge in [-0.3, -0.25) is 0 Å². The van der Waals surface area contributed by atoms with Crippen LogP contribution < -0.4 is 15.2 Å². The summed E-state index contributed by atoms with van der Waals surface area (Å²) in [5, 5.41) is 0. The smallest absolute Gasteiger partial charge is 0.119 e. The van der Waals surface area contributed by atoms with Crippen molar-refractivity contribution < 1.29 is 14.2 Å².